The molecule has 0 bridgehead atoms. The number of rotatable bonds is 5. The minimum atomic E-state index is -0.606. The monoisotopic (exact) mass is 355 g/mol. The molecule has 20 heavy (non-hydrogen) atoms. The Hall–Kier alpha value is -1.23. The van der Waals surface area contributed by atoms with Crippen LogP contribution in [0.1, 0.15) is 11.7 Å². The Balaban J connectivity index is 2.02. The van der Waals surface area contributed by atoms with Crippen molar-refractivity contribution in [3.63, 3.8) is 0 Å². The second-order valence-electron chi connectivity index (χ2n) is 4.29. The summed E-state index contributed by atoms with van der Waals surface area (Å²) in [6.07, 6.45) is -0.606. The van der Waals surface area contributed by atoms with Gasteiger partial charge >= 0.3 is 0 Å². The molecule has 3 nitrogen and oxygen atoms in total. The van der Waals surface area contributed by atoms with Crippen molar-refractivity contribution in [2.45, 2.75) is 6.10 Å². The summed E-state index contributed by atoms with van der Waals surface area (Å²) in [6, 6.07) is 12.8. The standard InChI is InChI=1S/C15H15BrClNO2/c1-20-12-6-7-13(16)14(8-12)18-9-15(19)10-2-4-11(17)5-3-10/h2-8,15,18-19H,9H2,1H3. The topological polar surface area (TPSA) is 41.5 Å². The number of methoxy groups -OCH3 is 1. The molecule has 1 atom stereocenters. The van der Waals surface area contributed by atoms with Crippen LogP contribution < -0.4 is 10.1 Å². The second kappa shape index (κ2) is 6.97. The molecule has 0 aromatic heterocycles. The van der Waals surface area contributed by atoms with Crippen molar-refractivity contribution < 1.29 is 9.84 Å². The van der Waals surface area contributed by atoms with E-state index in [9.17, 15) is 5.11 Å². The van der Waals surface area contributed by atoms with E-state index in [2.05, 4.69) is 21.2 Å². The van der Waals surface area contributed by atoms with E-state index in [1.165, 1.54) is 0 Å². The Morgan fingerprint density at radius 1 is 1.25 bits per heavy atom. The van der Waals surface area contributed by atoms with Crippen LogP contribution in [0.15, 0.2) is 46.9 Å². The third kappa shape index (κ3) is 3.88. The van der Waals surface area contributed by atoms with E-state index in [0.717, 1.165) is 21.5 Å². The molecule has 106 valence electrons. The molecule has 0 amide bonds. The Morgan fingerprint density at radius 3 is 2.60 bits per heavy atom. The van der Waals surface area contributed by atoms with Crippen LogP contribution in [-0.4, -0.2) is 18.8 Å². The lowest BCUT2D eigenvalue weighted by Crippen LogP contribution is -2.12. The first-order chi connectivity index (χ1) is 9.60. The summed E-state index contributed by atoms with van der Waals surface area (Å²) >= 11 is 9.28. The van der Waals surface area contributed by atoms with Crippen molar-refractivity contribution in [3.8, 4) is 5.75 Å². The van der Waals surface area contributed by atoms with E-state index >= 15 is 0 Å². The van der Waals surface area contributed by atoms with Gasteiger partial charge in [-0.15, -0.1) is 0 Å². The summed E-state index contributed by atoms with van der Waals surface area (Å²) in [6.45, 7) is 0.396. The zero-order valence-corrected chi connectivity index (χ0v) is 13.3. The SMILES string of the molecule is COc1ccc(Br)c(NCC(O)c2ccc(Cl)cc2)c1. The lowest BCUT2D eigenvalue weighted by atomic mass is 10.1. The highest BCUT2D eigenvalue weighted by Gasteiger charge is 2.09. The summed E-state index contributed by atoms with van der Waals surface area (Å²) in [5.74, 6) is 0.761. The Labute approximate surface area is 131 Å². The lowest BCUT2D eigenvalue weighted by molar-refractivity contribution is 0.191. The third-order valence-corrected chi connectivity index (χ3v) is 3.86. The molecule has 0 saturated carbocycles. The molecule has 0 aliphatic heterocycles. The van der Waals surface area contributed by atoms with Crippen molar-refractivity contribution in [1.82, 2.24) is 0 Å². The van der Waals surface area contributed by atoms with Crippen molar-refractivity contribution >= 4 is 33.2 Å². The minimum absolute atomic E-state index is 0.396. The van der Waals surface area contributed by atoms with Crippen LogP contribution in [-0.2, 0) is 0 Å². The highest BCUT2D eigenvalue weighted by atomic mass is 79.9. The van der Waals surface area contributed by atoms with Gasteiger partial charge in [0.05, 0.1) is 18.9 Å². The molecule has 2 N–H and O–H groups in total. The molecular formula is C15H15BrClNO2. The number of hydrogen-bond donors (Lipinski definition) is 2. The highest BCUT2D eigenvalue weighted by Crippen LogP contribution is 2.27. The first kappa shape index (κ1) is 15.2. The molecule has 0 radical (unpaired) electrons. The van der Waals surface area contributed by atoms with Gasteiger partial charge in [-0.25, -0.2) is 0 Å². The van der Waals surface area contributed by atoms with Crippen molar-refractivity contribution in [2.24, 2.45) is 0 Å². The fourth-order valence-electron chi connectivity index (χ4n) is 1.78. The summed E-state index contributed by atoms with van der Waals surface area (Å²) in [4.78, 5) is 0. The number of anilines is 1. The number of nitrogens with one attached hydrogen (secondary N) is 1. The van der Waals surface area contributed by atoms with Gasteiger partial charge in [-0.05, 0) is 45.8 Å². The van der Waals surface area contributed by atoms with Gasteiger partial charge in [0.15, 0.2) is 0 Å². The van der Waals surface area contributed by atoms with Gasteiger partial charge < -0.3 is 15.2 Å². The smallest absolute Gasteiger partial charge is 0.121 e. The van der Waals surface area contributed by atoms with Crippen LogP contribution in [0.25, 0.3) is 0 Å². The van der Waals surface area contributed by atoms with E-state index in [1.807, 2.05) is 30.3 Å². The maximum absolute atomic E-state index is 10.1. The van der Waals surface area contributed by atoms with E-state index in [-0.39, 0.29) is 0 Å². The molecule has 0 saturated heterocycles. The summed E-state index contributed by atoms with van der Waals surface area (Å²) in [5.41, 5.74) is 1.69. The normalized spacial score (nSPS) is 12.0. The van der Waals surface area contributed by atoms with Crippen molar-refractivity contribution in [2.75, 3.05) is 19.0 Å². The number of aliphatic hydroxyl groups is 1. The maximum atomic E-state index is 10.1. The second-order valence-corrected chi connectivity index (χ2v) is 5.58. The third-order valence-electron chi connectivity index (χ3n) is 2.91. The largest absolute Gasteiger partial charge is 0.497 e. The van der Waals surface area contributed by atoms with Crippen LogP contribution in [0.3, 0.4) is 0 Å². The summed E-state index contributed by atoms with van der Waals surface area (Å²) in [7, 11) is 1.62. The molecular weight excluding hydrogens is 342 g/mol. The molecule has 0 fully saturated rings. The van der Waals surface area contributed by atoms with Crippen LogP contribution in [0.4, 0.5) is 5.69 Å². The average molecular weight is 357 g/mol. The van der Waals surface area contributed by atoms with Crippen LogP contribution in [0.2, 0.25) is 5.02 Å². The maximum Gasteiger partial charge on any atom is 0.121 e. The predicted octanol–water partition coefficient (Wildman–Crippen LogP) is 4.26. The van der Waals surface area contributed by atoms with Gasteiger partial charge in [-0.1, -0.05) is 23.7 Å². The van der Waals surface area contributed by atoms with Gasteiger partial charge in [0.1, 0.15) is 5.75 Å². The molecule has 0 aliphatic rings. The predicted molar refractivity (Wildman–Crippen MR) is 85.6 cm³/mol. The van der Waals surface area contributed by atoms with E-state index in [1.54, 1.807) is 19.2 Å². The molecule has 0 heterocycles. The lowest BCUT2D eigenvalue weighted by Gasteiger charge is -2.15. The zero-order chi connectivity index (χ0) is 14.5. The van der Waals surface area contributed by atoms with Gasteiger partial charge in [0, 0.05) is 22.1 Å². The molecule has 0 aliphatic carbocycles. The van der Waals surface area contributed by atoms with Crippen molar-refractivity contribution in [1.29, 1.82) is 0 Å². The van der Waals surface area contributed by atoms with Gasteiger partial charge in [-0.2, -0.15) is 0 Å². The number of hydrogen-bond acceptors (Lipinski definition) is 3. The number of ether oxygens (including phenoxy) is 1. The van der Waals surface area contributed by atoms with Crippen LogP contribution >= 0.6 is 27.5 Å². The Bertz CT molecular complexity index is 575. The first-order valence-electron chi connectivity index (χ1n) is 6.11. The molecule has 5 heteroatoms. The van der Waals surface area contributed by atoms with Gasteiger partial charge in [-0.3, -0.25) is 0 Å². The molecule has 2 aromatic carbocycles. The van der Waals surface area contributed by atoms with Crippen LogP contribution in [0.5, 0.6) is 5.75 Å². The molecule has 1 unspecified atom stereocenters. The average Bonchev–Trinajstić information content (AvgIpc) is 2.47. The molecule has 0 spiro atoms. The molecule has 2 aromatic rings. The number of benzene rings is 2. The number of aliphatic hydroxyl groups excluding tert-OH is 1. The van der Waals surface area contributed by atoms with Gasteiger partial charge in [0.2, 0.25) is 0 Å². The summed E-state index contributed by atoms with van der Waals surface area (Å²) < 4.78 is 6.09. The Kier molecular flexibility index (Phi) is 5.29. The first-order valence-corrected chi connectivity index (χ1v) is 7.28. The number of halogens is 2. The van der Waals surface area contributed by atoms with E-state index < -0.39 is 6.10 Å². The fourth-order valence-corrected chi connectivity index (χ4v) is 2.29. The quantitative estimate of drug-likeness (QED) is 0.841. The highest BCUT2D eigenvalue weighted by molar-refractivity contribution is 9.10. The van der Waals surface area contributed by atoms with E-state index in [4.69, 9.17) is 16.3 Å². The van der Waals surface area contributed by atoms with Gasteiger partial charge in [0.25, 0.3) is 0 Å². The van der Waals surface area contributed by atoms with Crippen molar-refractivity contribution in [3.05, 3.63) is 57.5 Å². The van der Waals surface area contributed by atoms with E-state index in [0.29, 0.717) is 11.6 Å². The summed E-state index contributed by atoms with van der Waals surface area (Å²) in [5, 5.41) is 14.0. The minimum Gasteiger partial charge on any atom is -0.497 e. The zero-order valence-electron chi connectivity index (χ0n) is 10.9. The Morgan fingerprint density at radius 2 is 1.95 bits per heavy atom. The molecule has 2 rings (SSSR count). The van der Waals surface area contributed by atoms with Crippen LogP contribution in [0, 0.1) is 0 Å². The fraction of sp³-hybridized carbons (Fsp3) is 0.200.